The van der Waals surface area contributed by atoms with Crippen LogP contribution in [0.15, 0.2) is 28.8 Å². The number of benzene rings is 1. The third-order valence-electron chi connectivity index (χ3n) is 3.67. The molecule has 0 bridgehead atoms. The van der Waals surface area contributed by atoms with Gasteiger partial charge in [0.1, 0.15) is 18.1 Å². The number of hydrogen-bond donors (Lipinski definition) is 0. The van der Waals surface area contributed by atoms with Crippen molar-refractivity contribution in [3.63, 3.8) is 0 Å². The molecular weight excluding hydrogens is 256 g/mol. The molecule has 5 heteroatoms. The third-order valence-corrected chi connectivity index (χ3v) is 3.67. The van der Waals surface area contributed by atoms with E-state index < -0.39 is 0 Å². The molecule has 2 aromatic rings. The molecule has 5 nitrogen and oxygen atoms in total. The molecule has 2 atom stereocenters. The highest BCUT2D eigenvalue weighted by Gasteiger charge is 2.31. The summed E-state index contributed by atoms with van der Waals surface area (Å²) in [6, 6.07) is 7.84. The lowest BCUT2D eigenvalue weighted by molar-refractivity contribution is -0.119. The largest absolute Gasteiger partial charge is 0.492 e. The number of aromatic nitrogens is 2. The van der Waals surface area contributed by atoms with Crippen molar-refractivity contribution in [2.24, 2.45) is 0 Å². The SMILES string of the molecule is CCC(C(C)=O)c1nc(C2COc3ccccc32)no1. The van der Waals surface area contributed by atoms with E-state index in [2.05, 4.69) is 10.1 Å². The third kappa shape index (κ3) is 2.09. The Labute approximate surface area is 116 Å². The fourth-order valence-electron chi connectivity index (χ4n) is 2.54. The van der Waals surface area contributed by atoms with Crippen LogP contribution in [0, 0.1) is 0 Å². The van der Waals surface area contributed by atoms with Crippen LogP contribution in [0.5, 0.6) is 5.75 Å². The summed E-state index contributed by atoms with van der Waals surface area (Å²) in [6.45, 7) is 3.99. The lowest BCUT2D eigenvalue weighted by atomic mass is 10.00. The van der Waals surface area contributed by atoms with Gasteiger partial charge in [0.2, 0.25) is 5.89 Å². The molecule has 104 valence electrons. The first-order valence-electron chi connectivity index (χ1n) is 6.76. The number of Topliss-reactive ketones (excluding diaryl/α,β-unsaturated/α-hetero) is 1. The molecule has 1 aliphatic rings. The summed E-state index contributed by atoms with van der Waals surface area (Å²) in [5.41, 5.74) is 1.07. The van der Waals surface area contributed by atoms with Crippen molar-refractivity contribution >= 4 is 5.78 Å². The van der Waals surface area contributed by atoms with Gasteiger partial charge in [-0.15, -0.1) is 0 Å². The number of carbonyl (C=O) groups excluding carboxylic acids is 1. The van der Waals surface area contributed by atoms with Crippen molar-refractivity contribution in [2.75, 3.05) is 6.61 Å². The topological polar surface area (TPSA) is 65.2 Å². The Morgan fingerprint density at radius 3 is 3.00 bits per heavy atom. The lowest BCUT2D eigenvalue weighted by Crippen LogP contribution is -2.09. The predicted octanol–water partition coefficient (Wildman–Crippen LogP) is 2.68. The highest BCUT2D eigenvalue weighted by Crippen LogP contribution is 2.37. The zero-order valence-electron chi connectivity index (χ0n) is 11.5. The van der Waals surface area contributed by atoms with Crippen molar-refractivity contribution in [1.29, 1.82) is 0 Å². The second-order valence-electron chi connectivity index (χ2n) is 4.96. The van der Waals surface area contributed by atoms with Gasteiger partial charge in [-0.2, -0.15) is 4.98 Å². The first-order chi connectivity index (χ1) is 9.70. The van der Waals surface area contributed by atoms with Crippen molar-refractivity contribution in [3.05, 3.63) is 41.5 Å². The highest BCUT2D eigenvalue weighted by molar-refractivity contribution is 5.82. The van der Waals surface area contributed by atoms with E-state index in [1.54, 1.807) is 6.92 Å². The van der Waals surface area contributed by atoms with E-state index in [1.165, 1.54) is 0 Å². The highest BCUT2D eigenvalue weighted by atomic mass is 16.5. The summed E-state index contributed by atoms with van der Waals surface area (Å²) in [4.78, 5) is 16.0. The van der Waals surface area contributed by atoms with Gasteiger partial charge in [0, 0.05) is 5.56 Å². The molecule has 20 heavy (non-hydrogen) atoms. The normalized spacial score (nSPS) is 18.4. The number of ketones is 1. The zero-order chi connectivity index (χ0) is 14.1. The zero-order valence-corrected chi connectivity index (χ0v) is 11.5. The summed E-state index contributed by atoms with van der Waals surface area (Å²) in [7, 11) is 0. The Kier molecular flexibility index (Phi) is 3.26. The molecule has 0 N–H and O–H groups in total. The molecule has 0 spiro atoms. The maximum atomic E-state index is 11.6. The van der Waals surface area contributed by atoms with Gasteiger partial charge in [-0.25, -0.2) is 0 Å². The van der Waals surface area contributed by atoms with Crippen LogP contribution in [0.25, 0.3) is 0 Å². The summed E-state index contributed by atoms with van der Waals surface area (Å²) in [5, 5.41) is 4.03. The van der Waals surface area contributed by atoms with Crippen molar-refractivity contribution in [3.8, 4) is 5.75 Å². The Morgan fingerprint density at radius 2 is 2.25 bits per heavy atom. The standard InChI is InChI=1S/C15H16N2O3/c1-3-10(9(2)18)15-16-14(17-20-15)12-8-19-13-7-5-4-6-11(12)13/h4-7,10,12H,3,8H2,1-2H3. The van der Waals surface area contributed by atoms with E-state index in [1.807, 2.05) is 31.2 Å². The summed E-state index contributed by atoms with van der Waals surface area (Å²) >= 11 is 0. The molecule has 2 unspecified atom stereocenters. The molecule has 0 aliphatic carbocycles. The van der Waals surface area contributed by atoms with Crippen LogP contribution in [0.3, 0.4) is 0 Å². The van der Waals surface area contributed by atoms with Crippen LogP contribution in [0.2, 0.25) is 0 Å². The molecule has 0 radical (unpaired) electrons. The van der Waals surface area contributed by atoms with E-state index in [9.17, 15) is 4.79 Å². The molecule has 2 heterocycles. The number of nitrogens with zero attached hydrogens (tertiary/aromatic N) is 2. The monoisotopic (exact) mass is 272 g/mol. The first kappa shape index (κ1) is 12.8. The molecule has 1 aliphatic heterocycles. The molecule has 0 saturated carbocycles. The molecule has 0 amide bonds. The lowest BCUT2D eigenvalue weighted by Gasteiger charge is -2.04. The Hall–Kier alpha value is -2.17. The Morgan fingerprint density at radius 1 is 1.45 bits per heavy atom. The molecule has 1 aromatic heterocycles. The molecular formula is C15H16N2O3. The number of para-hydroxylation sites is 1. The minimum absolute atomic E-state index is 0.0202. The fourth-order valence-corrected chi connectivity index (χ4v) is 2.54. The van der Waals surface area contributed by atoms with Crippen LogP contribution in [0.4, 0.5) is 0 Å². The van der Waals surface area contributed by atoms with Gasteiger partial charge in [0.25, 0.3) is 0 Å². The number of rotatable bonds is 4. The van der Waals surface area contributed by atoms with E-state index in [-0.39, 0.29) is 17.6 Å². The molecule has 0 fully saturated rings. The van der Waals surface area contributed by atoms with Gasteiger partial charge in [-0.1, -0.05) is 30.3 Å². The molecule has 0 saturated heterocycles. The van der Waals surface area contributed by atoms with Gasteiger partial charge in [-0.05, 0) is 19.4 Å². The van der Waals surface area contributed by atoms with Gasteiger partial charge >= 0.3 is 0 Å². The number of ether oxygens (including phenoxy) is 1. The van der Waals surface area contributed by atoms with Crippen LogP contribution in [0.1, 0.15) is 49.4 Å². The van der Waals surface area contributed by atoms with E-state index in [4.69, 9.17) is 9.26 Å². The average molecular weight is 272 g/mol. The number of fused-ring (bicyclic) bond motifs is 1. The first-order valence-corrected chi connectivity index (χ1v) is 6.76. The summed E-state index contributed by atoms with van der Waals surface area (Å²) in [6.07, 6.45) is 0.661. The smallest absolute Gasteiger partial charge is 0.237 e. The fraction of sp³-hybridized carbons (Fsp3) is 0.400. The minimum atomic E-state index is -0.311. The second kappa shape index (κ2) is 5.07. The number of hydrogen-bond acceptors (Lipinski definition) is 5. The molecule has 1 aromatic carbocycles. The predicted molar refractivity (Wildman–Crippen MR) is 71.8 cm³/mol. The number of carbonyl (C=O) groups is 1. The van der Waals surface area contributed by atoms with Crippen LogP contribution >= 0.6 is 0 Å². The van der Waals surface area contributed by atoms with Gasteiger partial charge in [0.05, 0.1) is 11.8 Å². The maximum absolute atomic E-state index is 11.6. The van der Waals surface area contributed by atoms with Crippen LogP contribution in [-0.2, 0) is 4.79 Å². The molecule has 3 rings (SSSR count). The second-order valence-corrected chi connectivity index (χ2v) is 4.96. The maximum Gasteiger partial charge on any atom is 0.237 e. The van der Waals surface area contributed by atoms with Gasteiger partial charge in [0.15, 0.2) is 5.82 Å². The van der Waals surface area contributed by atoms with E-state index >= 15 is 0 Å². The van der Waals surface area contributed by atoms with E-state index in [0.29, 0.717) is 24.7 Å². The average Bonchev–Trinajstić information content (AvgIpc) is 3.05. The van der Waals surface area contributed by atoms with Crippen molar-refractivity contribution < 1.29 is 14.1 Å². The minimum Gasteiger partial charge on any atom is -0.492 e. The van der Waals surface area contributed by atoms with Crippen molar-refractivity contribution in [2.45, 2.75) is 32.1 Å². The van der Waals surface area contributed by atoms with E-state index in [0.717, 1.165) is 11.3 Å². The Balaban J connectivity index is 1.90. The van der Waals surface area contributed by atoms with Gasteiger partial charge < -0.3 is 9.26 Å². The summed E-state index contributed by atoms with van der Waals surface area (Å²) in [5.74, 6) is 1.57. The van der Waals surface area contributed by atoms with Gasteiger partial charge in [-0.3, -0.25) is 4.79 Å². The summed E-state index contributed by atoms with van der Waals surface area (Å²) < 4.78 is 10.9. The quantitative estimate of drug-likeness (QED) is 0.856. The van der Waals surface area contributed by atoms with Crippen LogP contribution < -0.4 is 4.74 Å². The Bertz CT molecular complexity index is 636. The van der Waals surface area contributed by atoms with Crippen molar-refractivity contribution in [1.82, 2.24) is 10.1 Å². The van der Waals surface area contributed by atoms with Crippen LogP contribution in [-0.4, -0.2) is 22.5 Å².